The van der Waals surface area contributed by atoms with Gasteiger partial charge in [-0.2, -0.15) is 0 Å². The maximum absolute atomic E-state index is 10.8. The summed E-state index contributed by atoms with van der Waals surface area (Å²) in [5, 5.41) is 0. The topological polar surface area (TPSA) is 43.4 Å². The Balaban J connectivity index is 1.99. The van der Waals surface area contributed by atoms with Gasteiger partial charge in [0.15, 0.2) is 5.78 Å². The summed E-state index contributed by atoms with van der Waals surface area (Å²) < 4.78 is 5.96. The largest absolute Gasteiger partial charge is 0.368 e. The van der Waals surface area contributed by atoms with Crippen LogP contribution in [-0.4, -0.2) is 23.8 Å². The lowest BCUT2D eigenvalue weighted by Crippen LogP contribution is -2.27. The standard InChI is InChI=1S/C13H18O3/c1-9(15)3-4-12-6-11-5-10(8-14)7-13(11,2)16-12/h3-4,8,10-12H,5-7H2,1-2H3/b4-3+/t10-,11?,12?,13?/m1/s1. The first-order valence-corrected chi connectivity index (χ1v) is 5.85. The second kappa shape index (κ2) is 4.13. The molecule has 0 amide bonds. The lowest BCUT2D eigenvalue weighted by Gasteiger charge is -2.23. The van der Waals surface area contributed by atoms with Crippen molar-refractivity contribution in [2.45, 2.75) is 44.8 Å². The SMILES string of the molecule is CC(=O)/C=C/C1CC2C[C@@H](C=O)CC2(C)O1. The normalized spacial score (nSPS) is 42.5. The number of allylic oxidation sites excluding steroid dienone is 1. The highest BCUT2D eigenvalue weighted by molar-refractivity contribution is 5.87. The van der Waals surface area contributed by atoms with Gasteiger partial charge in [0, 0.05) is 5.92 Å². The highest BCUT2D eigenvalue weighted by atomic mass is 16.5. The highest BCUT2D eigenvalue weighted by Gasteiger charge is 2.50. The number of fused-ring (bicyclic) bond motifs is 1. The summed E-state index contributed by atoms with van der Waals surface area (Å²) >= 11 is 0. The number of hydrogen-bond acceptors (Lipinski definition) is 3. The molecule has 0 aromatic rings. The summed E-state index contributed by atoms with van der Waals surface area (Å²) in [6, 6.07) is 0. The second-order valence-electron chi connectivity index (χ2n) is 5.21. The maximum atomic E-state index is 10.8. The summed E-state index contributed by atoms with van der Waals surface area (Å²) in [6.07, 6.45) is 7.22. The number of ether oxygens (including phenoxy) is 1. The van der Waals surface area contributed by atoms with E-state index in [-0.39, 0.29) is 23.4 Å². The third kappa shape index (κ3) is 2.09. The fraction of sp³-hybridized carbons (Fsp3) is 0.692. The molecule has 3 heteroatoms. The number of aldehydes is 1. The average Bonchev–Trinajstić information content (AvgIpc) is 2.65. The molecule has 1 saturated carbocycles. The van der Waals surface area contributed by atoms with E-state index in [1.165, 1.54) is 6.92 Å². The third-order valence-corrected chi connectivity index (χ3v) is 3.79. The van der Waals surface area contributed by atoms with E-state index in [0.29, 0.717) is 5.92 Å². The molecular weight excluding hydrogens is 204 g/mol. The van der Waals surface area contributed by atoms with Crippen LogP contribution in [0.5, 0.6) is 0 Å². The van der Waals surface area contributed by atoms with Crippen LogP contribution < -0.4 is 0 Å². The molecule has 16 heavy (non-hydrogen) atoms. The Hall–Kier alpha value is -0.960. The second-order valence-corrected chi connectivity index (χ2v) is 5.21. The van der Waals surface area contributed by atoms with Crippen LogP contribution in [0.25, 0.3) is 0 Å². The first kappa shape index (κ1) is 11.5. The van der Waals surface area contributed by atoms with Crippen molar-refractivity contribution in [2.75, 3.05) is 0 Å². The predicted molar refractivity (Wildman–Crippen MR) is 60.0 cm³/mol. The average molecular weight is 222 g/mol. The maximum Gasteiger partial charge on any atom is 0.152 e. The van der Waals surface area contributed by atoms with Gasteiger partial charge in [0.25, 0.3) is 0 Å². The highest BCUT2D eigenvalue weighted by Crippen LogP contribution is 2.49. The molecule has 3 unspecified atom stereocenters. The molecule has 2 aliphatic rings. The van der Waals surface area contributed by atoms with Crippen molar-refractivity contribution in [2.24, 2.45) is 11.8 Å². The molecule has 2 rings (SSSR count). The summed E-state index contributed by atoms with van der Waals surface area (Å²) in [4.78, 5) is 21.6. The van der Waals surface area contributed by atoms with Crippen LogP contribution in [0.3, 0.4) is 0 Å². The molecule has 88 valence electrons. The lowest BCUT2D eigenvalue weighted by atomic mass is 9.92. The van der Waals surface area contributed by atoms with Crippen molar-refractivity contribution < 1.29 is 14.3 Å². The quantitative estimate of drug-likeness (QED) is 0.541. The van der Waals surface area contributed by atoms with Crippen molar-refractivity contribution in [3.8, 4) is 0 Å². The summed E-state index contributed by atoms with van der Waals surface area (Å²) in [7, 11) is 0. The number of rotatable bonds is 3. The van der Waals surface area contributed by atoms with Gasteiger partial charge in [-0.25, -0.2) is 0 Å². The van der Waals surface area contributed by atoms with E-state index in [1.54, 1.807) is 6.08 Å². The van der Waals surface area contributed by atoms with E-state index in [4.69, 9.17) is 4.74 Å². The molecule has 1 aliphatic carbocycles. The minimum absolute atomic E-state index is 0.0477. The van der Waals surface area contributed by atoms with E-state index in [9.17, 15) is 9.59 Å². The fourth-order valence-corrected chi connectivity index (χ4v) is 3.01. The Morgan fingerprint density at radius 1 is 1.44 bits per heavy atom. The van der Waals surface area contributed by atoms with Crippen LogP contribution in [0.15, 0.2) is 12.2 Å². The molecule has 4 atom stereocenters. The van der Waals surface area contributed by atoms with Crippen LogP contribution >= 0.6 is 0 Å². The molecule has 3 nitrogen and oxygen atoms in total. The van der Waals surface area contributed by atoms with Crippen molar-refractivity contribution in [3.63, 3.8) is 0 Å². The molecule has 1 saturated heterocycles. The van der Waals surface area contributed by atoms with Crippen molar-refractivity contribution in [1.29, 1.82) is 0 Å². The van der Waals surface area contributed by atoms with Gasteiger partial charge >= 0.3 is 0 Å². The summed E-state index contributed by atoms with van der Waals surface area (Å²) in [6.45, 7) is 3.62. The molecule has 1 aliphatic heterocycles. The zero-order valence-corrected chi connectivity index (χ0v) is 9.81. The number of hydrogen-bond donors (Lipinski definition) is 0. The van der Waals surface area contributed by atoms with Gasteiger partial charge in [-0.1, -0.05) is 6.08 Å². The Kier molecular flexibility index (Phi) is 2.98. The van der Waals surface area contributed by atoms with Gasteiger partial charge < -0.3 is 9.53 Å². The molecule has 1 heterocycles. The van der Waals surface area contributed by atoms with Crippen molar-refractivity contribution >= 4 is 12.1 Å². The van der Waals surface area contributed by atoms with Crippen LogP contribution in [-0.2, 0) is 14.3 Å². The Labute approximate surface area is 95.9 Å². The monoisotopic (exact) mass is 222 g/mol. The molecule has 0 spiro atoms. The first-order valence-electron chi connectivity index (χ1n) is 5.85. The van der Waals surface area contributed by atoms with Gasteiger partial charge in [0.05, 0.1) is 11.7 Å². The zero-order chi connectivity index (χ0) is 11.8. The molecule has 0 aromatic carbocycles. The zero-order valence-electron chi connectivity index (χ0n) is 9.81. The van der Waals surface area contributed by atoms with Gasteiger partial charge in [0.1, 0.15) is 6.29 Å². The van der Waals surface area contributed by atoms with Gasteiger partial charge in [-0.3, -0.25) is 4.79 Å². The van der Waals surface area contributed by atoms with E-state index in [0.717, 1.165) is 25.5 Å². The van der Waals surface area contributed by atoms with Crippen LogP contribution in [0.4, 0.5) is 0 Å². The molecule has 0 bridgehead atoms. The number of carbonyl (C=O) groups excluding carboxylic acids is 2. The minimum atomic E-state index is -0.155. The third-order valence-electron chi connectivity index (χ3n) is 3.79. The Morgan fingerprint density at radius 2 is 2.19 bits per heavy atom. The molecule has 0 aromatic heterocycles. The summed E-state index contributed by atoms with van der Waals surface area (Å²) in [5.41, 5.74) is -0.155. The van der Waals surface area contributed by atoms with Gasteiger partial charge in [-0.15, -0.1) is 0 Å². The van der Waals surface area contributed by atoms with Crippen LogP contribution in [0, 0.1) is 11.8 Å². The fourth-order valence-electron chi connectivity index (χ4n) is 3.01. The van der Waals surface area contributed by atoms with Crippen molar-refractivity contribution in [1.82, 2.24) is 0 Å². The van der Waals surface area contributed by atoms with Crippen molar-refractivity contribution in [3.05, 3.63) is 12.2 Å². The molecular formula is C13H18O3. The smallest absolute Gasteiger partial charge is 0.152 e. The minimum Gasteiger partial charge on any atom is -0.368 e. The lowest BCUT2D eigenvalue weighted by molar-refractivity contribution is -0.112. The first-order chi connectivity index (χ1) is 7.53. The predicted octanol–water partition coefficient (Wildman–Crippen LogP) is 1.90. The van der Waals surface area contributed by atoms with E-state index in [1.807, 2.05) is 6.08 Å². The summed E-state index contributed by atoms with van der Waals surface area (Å²) in [5.74, 6) is 0.675. The van der Waals surface area contributed by atoms with E-state index >= 15 is 0 Å². The molecule has 0 radical (unpaired) electrons. The van der Waals surface area contributed by atoms with E-state index < -0.39 is 0 Å². The van der Waals surface area contributed by atoms with E-state index in [2.05, 4.69) is 6.92 Å². The molecule has 2 fully saturated rings. The van der Waals surface area contributed by atoms with Crippen LogP contribution in [0.2, 0.25) is 0 Å². The Bertz CT molecular complexity index is 334. The van der Waals surface area contributed by atoms with Gasteiger partial charge in [0.2, 0.25) is 0 Å². The number of ketones is 1. The molecule has 0 N–H and O–H groups in total. The van der Waals surface area contributed by atoms with Crippen LogP contribution in [0.1, 0.15) is 33.1 Å². The van der Waals surface area contributed by atoms with Gasteiger partial charge in [-0.05, 0) is 45.1 Å². The Morgan fingerprint density at radius 3 is 2.75 bits per heavy atom. The number of carbonyl (C=O) groups is 2.